The largest absolute Gasteiger partial charge is 0.315 e. The predicted octanol–water partition coefficient (Wildman–Crippen LogP) is 4.92. The topological polar surface area (TPSA) is 49.7 Å². The summed E-state index contributed by atoms with van der Waals surface area (Å²) >= 11 is 20.0. The molecule has 0 unspecified atom stereocenters. The van der Waals surface area contributed by atoms with E-state index in [9.17, 15) is 8.42 Å². The minimum absolute atomic E-state index is 0.0731. The molecule has 1 saturated heterocycles. The van der Waals surface area contributed by atoms with Crippen LogP contribution in [-0.2, 0) is 15.6 Å². The standard InChI is InChI=1S/C18H15Cl3N2O2S2/c19-12-3-1-2-11(4-12)8-26-18-22-16-9-27(24,25)10-17(16)23(18)15-6-13(20)5-14(21)7-15/h1-7,16-17H,8-10H2/t16-,17+/m0/s1. The zero-order chi connectivity index (χ0) is 19.2. The molecule has 0 aromatic heterocycles. The van der Waals surface area contributed by atoms with E-state index in [1.807, 2.05) is 29.2 Å². The van der Waals surface area contributed by atoms with Gasteiger partial charge in [-0.15, -0.1) is 0 Å². The summed E-state index contributed by atoms with van der Waals surface area (Å²) in [5, 5.41) is 2.46. The second kappa shape index (κ2) is 7.48. The van der Waals surface area contributed by atoms with Gasteiger partial charge in [0.1, 0.15) is 0 Å². The normalized spacial score (nSPS) is 23.4. The molecule has 27 heavy (non-hydrogen) atoms. The van der Waals surface area contributed by atoms with Crippen molar-refractivity contribution in [3.05, 3.63) is 63.1 Å². The maximum absolute atomic E-state index is 12.1. The van der Waals surface area contributed by atoms with Crippen molar-refractivity contribution in [1.82, 2.24) is 0 Å². The van der Waals surface area contributed by atoms with Crippen LogP contribution in [0.1, 0.15) is 5.56 Å². The molecule has 0 N–H and O–H groups in total. The first-order valence-corrected chi connectivity index (χ1v) is 12.2. The number of aliphatic imine (C=N–C) groups is 1. The van der Waals surface area contributed by atoms with Crippen LogP contribution in [0.4, 0.5) is 5.69 Å². The van der Waals surface area contributed by atoms with Crippen LogP contribution in [0.5, 0.6) is 0 Å². The van der Waals surface area contributed by atoms with Gasteiger partial charge < -0.3 is 4.90 Å². The number of anilines is 1. The Kier molecular flexibility index (Phi) is 5.38. The van der Waals surface area contributed by atoms with Crippen molar-refractivity contribution in [2.45, 2.75) is 17.8 Å². The average molecular weight is 462 g/mol. The van der Waals surface area contributed by atoms with Gasteiger partial charge in [0.05, 0.1) is 23.6 Å². The van der Waals surface area contributed by atoms with E-state index in [0.717, 1.165) is 16.4 Å². The number of thioether (sulfide) groups is 1. The number of rotatable bonds is 3. The monoisotopic (exact) mass is 460 g/mol. The number of nitrogens with zero attached hydrogens (tertiary/aromatic N) is 2. The van der Waals surface area contributed by atoms with E-state index in [-0.39, 0.29) is 23.6 Å². The first-order chi connectivity index (χ1) is 12.8. The Morgan fingerprint density at radius 3 is 2.48 bits per heavy atom. The highest BCUT2D eigenvalue weighted by atomic mass is 35.5. The third-order valence-corrected chi connectivity index (χ3v) is 7.90. The third-order valence-electron chi connectivity index (χ3n) is 4.49. The van der Waals surface area contributed by atoms with Crippen molar-refractivity contribution >= 4 is 67.3 Å². The Bertz CT molecular complexity index is 1010. The molecule has 142 valence electrons. The van der Waals surface area contributed by atoms with Gasteiger partial charge in [0.2, 0.25) is 0 Å². The lowest BCUT2D eigenvalue weighted by molar-refractivity contribution is 0.601. The molecule has 0 spiro atoms. The van der Waals surface area contributed by atoms with Crippen molar-refractivity contribution in [3.63, 3.8) is 0 Å². The molecule has 4 rings (SSSR count). The highest BCUT2D eigenvalue weighted by Crippen LogP contribution is 2.38. The fourth-order valence-corrected chi connectivity index (χ4v) is 7.03. The average Bonchev–Trinajstić information content (AvgIpc) is 3.03. The molecule has 0 amide bonds. The fraction of sp³-hybridized carbons (Fsp3) is 0.278. The molecule has 2 aromatic carbocycles. The van der Waals surface area contributed by atoms with Crippen molar-refractivity contribution in [2.75, 3.05) is 16.4 Å². The number of hydrogen-bond donors (Lipinski definition) is 0. The zero-order valence-corrected chi connectivity index (χ0v) is 17.9. The van der Waals surface area contributed by atoms with E-state index in [4.69, 9.17) is 39.8 Å². The van der Waals surface area contributed by atoms with Crippen LogP contribution >= 0.6 is 46.6 Å². The number of benzene rings is 2. The molecule has 0 radical (unpaired) electrons. The molecule has 2 aliphatic rings. The van der Waals surface area contributed by atoms with Gasteiger partial charge >= 0.3 is 0 Å². The number of amidine groups is 1. The summed E-state index contributed by atoms with van der Waals surface area (Å²) in [6, 6.07) is 12.4. The van der Waals surface area contributed by atoms with Gasteiger partial charge in [-0.2, -0.15) is 0 Å². The molecule has 2 atom stereocenters. The minimum Gasteiger partial charge on any atom is -0.315 e. The SMILES string of the molecule is O=S1(=O)C[C@@H]2N=C(SCc3cccc(Cl)c3)N(c3cc(Cl)cc(Cl)c3)[C@@H]2C1. The smallest absolute Gasteiger partial charge is 0.164 e. The number of fused-ring (bicyclic) bond motifs is 1. The minimum atomic E-state index is -3.10. The van der Waals surface area contributed by atoms with E-state index in [2.05, 4.69) is 0 Å². The fourth-order valence-electron chi connectivity index (χ4n) is 3.39. The summed E-state index contributed by atoms with van der Waals surface area (Å²) in [6.07, 6.45) is 0. The van der Waals surface area contributed by atoms with Crippen LogP contribution in [0.2, 0.25) is 15.1 Å². The van der Waals surface area contributed by atoms with Gasteiger partial charge in [-0.1, -0.05) is 58.7 Å². The van der Waals surface area contributed by atoms with Crippen LogP contribution < -0.4 is 4.90 Å². The summed E-state index contributed by atoms with van der Waals surface area (Å²) in [6.45, 7) is 0. The van der Waals surface area contributed by atoms with E-state index < -0.39 is 9.84 Å². The predicted molar refractivity (Wildman–Crippen MR) is 115 cm³/mol. The van der Waals surface area contributed by atoms with Crippen LogP contribution in [0, 0.1) is 0 Å². The molecule has 2 aliphatic heterocycles. The highest BCUT2D eigenvalue weighted by molar-refractivity contribution is 8.13. The molecule has 2 heterocycles. The molecule has 0 aliphatic carbocycles. The van der Waals surface area contributed by atoms with Crippen LogP contribution in [0.25, 0.3) is 0 Å². The van der Waals surface area contributed by atoms with E-state index in [1.165, 1.54) is 0 Å². The van der Waals surface area contributed by atoms with Crippen molar-refractivity contribution in [1.29, 1.82) is 0 Å². The van der Waals surface area contributed by atoms with Crippen molar-refractivity contribution in [2.24, 2.45) is 4.99 Å². The Labute approximate surface area is 177 Å². The summed E-state index contributed by atoms with van der Waals surface area (Å²) in [5.74, 6) is 0.826. The maximum Gasteiger partial charge on any atom is 0.164 e. The lowest BCUT2D eigenvalue weighted by Gasteiger charge is -2.27. The van der Waals surface area contributed by atoms with Gasteiger partial charge in [-0.3, -0.25) is 4.99 Å². The van der Waals surface area contributed by atoms with E-state index in [1.54, 1.807) is 30.0 Å². The Morgan fingerprint density at radius 2 is 1.78 bits per heavy atom. The number of halogens is 3. The Morgan fingerprint density at radius 1 is 1.04 bits per heavy atom. The van der Waals surface area contributed by atoms with Gasteiger partial charge in [-0.05, 0) is 35.9 Å². The van der Waals surface area contributed by atoms with E-state index >= 15 is 0 Å². The number of hydrogen-bond acceptors (Lipinski definition) is 5. The first kappa shape index (κ1) is 19.4. The van der Waals surface area contributed by atoms with Crippen molar-refractivity contribution < 1.29 is 8.42 Å². The van der Waals surface area contributed by atoms with Gasteiger partial charge in [-0.25, -0.2) is 8.42 Å². The van der Waals surface area contributed by atoms with Gasteiger partial charge in [0, 0.05) is 26.5 Å². The summed E-state index contributed by atoms with van der Waals surface area (Å²) in [7, 11) is -3.10. The lowest BCUT2D eigenvalue weighted by Crippen LogP contribution is -2.39. The molecular formula is C18H15Cl3N2O2S2. The lowest BCUT2D eigenvalue weighted by atomic mass is 10.1. The molecular weight excluding hydrogens is 447 g/mol. The van der Waals surface area contributed by atoms with Gasteiger partial charge in [0.25, 0.3) is 0 Å². The second-order valence-corrected chi connectivity index (χ2v) is 10.9. The van der Waals surface area contributed by atoms with Crippen molar-refractivity contribution in [3.8, 4) is 0 Å². The zero-order valence-electron chi connectivity index (χ0n) is 14.0. The summed E-state index contributed by atoms with van der Waals surface area (Å²) in [5.41, 5.74) is 1.83. The Hall–Kier alpha value is -0.920. The molecule has 0 bridgehead atoms. The molecule has 0 saturated carbocycles. The highest BCUT2D eigenvalue weighted by Gasteiger charge is 2.47. The Balaban J connectivity index is 1.65. The van der Waals surface area contributed by atoms with Gasteiger partial charge in [0.15, 0.2) is 15.0 Å². The maximum atomic E-state index is 12.1. The third kappa shape index (κ3) is 4.25. The summed E-state index contributed by atoms with van der Waals surface area (Å²) in [4.78, 5) is 6.67. The summed E-state index contributed by atoms with van der Waals surface area (Å²) < 4.78 is 24.2. The first-order valence-electron chi connectivity index (χ1n) is 8.21. The van der Waals surface area contributed by atoms with Crippen LogP contribution in [-0.4, -0.2) is 37.2 Å². The second-order valence-electron chi connectivity index (χ2n) is 6.54. The molecule has 2 aromatic rings. The number of sulfone groups is 1. The molecule has 4 nitrogen and oxygen atoms in total. The van der Waals surface area contributed by atoms with Crippen LogP contribution in [0.15, 0.2) is 47.5 Å². The molecule has 9 heteroatoms. The molecule has 1 fully saturated rings. The quantitative estimate of drug-likeness (QED) is 0.651. The van der Waals surface area contributed by atoms with Crippen LogP contribution in [0.3, 0.4) is 0 Å². The van der Waals surface area contributed by atoms with E-state index in [0.29, 0.717) is 20.8 Å².